The van der Waals surface area contributed by atoms with E-state index in [4.69, 9.17) is 18.9 Å². The SMILES string of the molecule is COc1ccc(C(CC(=O)OCC=C(C)C)NC(=O)C(F)(F)F)c(OC)c1OC. The Hall–Kier alpha value is -2.91. The summed E-state index contributed by atoms with van der Waals surface area (Å²) in [4.78, 5) is 23.7. The Morgan fingerprint density at radius 2 is 1.69 bits per heavy atom. The summed E-state index contributed by atoms with van der Waals surface area (Å²) < 4.78 is 59.0. The minimum absolute atomic E-state index is 0.0245. The molecule has 0 saturated heterocycles. The lowest BCUT2D eigenvalue weighted by molar-refractivity contribution is -0.174. The molecule has 0 fully saturated rings. The molecule has 0 bridgehead atoms. The van der Waals surface area contributed by atoms with Crippen molar-refractivity contribution in [3.05, 3.63) is 29.3 Å². The second-order valence-corrected chi connectivity index (χ2v) is 6.12. The number of rotatable bonds is 9. The molecule has 0 saturated carbocycles. The summed E-state index contributed by atoms with van der Waals surface area (Å²) in [6, 6.07) is 1.43. The lowest BCUT2D eigenvalue weighted by atomic mass is 10.0. The molecular formula is C19H24F3NO6. The number of esters is 1. The number of allylic oxidation sites excluding steroid dienone is 1. The molecule has 1 amide bonds. The normalized spacial score (nSPS) is 11.9. The summed E-state index contributed by atoms with van der Waals surface area (Å²) in [5.74, 6) is -2.60. The third-order valence-electron chi connectivity index (χ3n) is 3.78. The highest BCUT2D eigenvalue weighted by Crippen LogP contribution is 2.43. The van der Waals surface area contributed by atoms with E-state index < -0.39 is 30.5 Å². The number of halogens is 3. The molecule has 29 heavy (non-hydrogen) atoms. The highest BCUT2D eigenvalue weighted by atomic mass is 19.4. The first-order chi connectivity index (χ1) is 13.5. The van der Waals surface area contributed by atoms with Gasteiger partial charge >= 0.3 is 18.1 Å². The first-order valence-corrected chi connectivity index (χ1v) is 8.50. The highest BCUT2D eigenvalue weighted by molar-refractivity contribution is 5.83. The van der Waals surface area contributed by atoms with Crippen LogP contribution < -0.4 is 19.5 Å². The summed E-state index contributed by atoms with van der Waals surface area (Å²) in [7, 11) is 3.97. The second kappa shape index (κ2) is 10.6. The van der Waals surface area contributed by atoms with Crippen LogP contribution in [0.3, 0.4) is 0 Å². The largest absolute Gasteiger partial charge is 0.493 e. The van der Waals surface area contributed by atoms with Gasteiger partial charge in [0, 0.05) is 5.56 Å². The molecule has 10 heteroatoms. The Balaban J connectivity index is 3.28. The second-order valence-electron chi connectivity index (χ2n) is 6.12. The summed E-state index contributed by atoms with van der Waals surface area (Å²) >= 11 is 0. The van der Waals surface area contributed by atoms with Crippen molar-refractivity contribution in [3.8, 4) is 17.2 Å². The van der Waals surface area contributed by atoms with Crippen LogP contribution in [0.15, 0.2) is 23.8 Å². The molecule has 1 aromatic carbocycles. The minimum Gasteiger partial charge on any atom is -0.493 e. The molecule has 0 radical (unpaired) electrons. The van der Waals surface area contributed by atoms with E-state index in [1.54, 1.807) is 19.9 Å². The number of carbonyl (C=O) groups is 2. The van der Waals surface area contributed by atoms with Crippen molar-refractivity contribution in [1.82, 2.24) is 5.32 Å². The average Bonchev–Trinajstić information content (AvgIpc) is 2.64. The summed E-state index contributed by atoms with van der Waals surface area (Å²) in [6.07, 6.45) is -4.05. The van der Waals surface area contributed by atoms with Gasteiger partial charge in [-0.1, -0.05) is 5.57 Å². The molecule has 1 rings (SSSR count). The number of nitrogens with one attached hydrogen (secondary N) is 1. The summed E-state index contributed by atoms with van der Waals surface area (Å²) in [6.45, 7) is 3.56. The van der Waals surface area contributed by atoms with Crippen molar-refractivity contribution in [3.63, 3.8) is 0 Å². The van der Waals surface area contributed by atoms with Crippen molar-refractivity contribution in [2.75, 3.05) is 27.9 Å². The predicted octanol–water partition coefficient (Wildman–Crippen LogP) is 3.33. The van der Waals surface area contributed by atoms with Crippen molar-refractivity contribution < 1.29 is 41.7 Å². The molecule has 1 N–H and O–H groups in total. The van der Waals surface area contributed by atoms with E-state index in [1.165, 1.54) is 33.5 Å². The zero-order chi connectivity index (χ0) is 22.2. The average molecular weight is 419 g/mol. The van der Waals surface area contributed by atoms with Gasteiger partial charge in [0.15, 0.2) is 11.5 Å². The third-order valence-corrected chi connectivity index (χ3v) is 3.78. The highest BCUT2D eigenvalue weighted by Gasteiger charge is 2.41. The Morgan fingerprint density at radius 1 is 1.07 bits per heavy atom. The molecule has 0 aliphatic carbocycles. The van der Waals surface area contributed by atoms with Gasteiger partial charge in [-0.15, -0.1) is 0 Å². The smallest absolute Gasteiger partial charge is 0.471 e. The summed E-state index contributed by atoms with van der Waals surface area (Å²) in [5.41, 5.74) is 1.00. The van der Waals surface area contributed by atoms with E-state index in [0.29, 0.717) is 0 Å². The fraction of sp³-hybridized carbons (Fsp3) is 0.474. The van der Waals surface area contributed by atoms with Gasteiger partial charge in [0.05, 0.1) is 33.8 Å². The number of hydrogen-bond acceptors (Lipinski definition) is 6. The maximum Gasteiger partial charge on any atom is 0.471 e. The standard InChI is InChI=1S/C19H24F3NO6/c1-11(2)8-9-29-15(24)10-13(23-18(25)19(20,21)22)12-6-7-14(26-3)17(28-5)16(12)27-4/h6-8,13H,9-10H2,1-5H3,(H,23,25). The van der Waals surface area contributed by atoms with Crippen LogP contribution in [-0.4, -0.2) is 46.0 Å². The maximum atomic E-state index is 12.8. The Bertz CT molecular complexity index is 757. The van der Waals surface area contributed by atoms with E-state index in [1.807, 2.05) is 5.32 Å². The van der Waals surface area contributed by atoms with Gasteiger partial charge in [0.2, 0.25) is 5.75 Å². The molecule has 0 heterocycles. The molecule has 1 unspecified atom stereocenters. The number of carbonyl (C=O) groups excluding carboxylic acids is 2. The van der Waals surface area contributed by atoms with Crippen LogP contribution in [-0.2, 0) is 14.3 Å². The van der Waals surface area contributed by atoms with E-state index in [0.717, 1.165) is 5.57 Å². The first kappa shape index (κ1) is 24.1. The number of methoxy groups -OCH3 is 3. The van der Waals surface area contributed by atoms with Gasteiger partial charge in [0.1, 0.15) is 6.61 Å². The quantitative estimate of drug-likeness (QED) is 0.488. The molecular weight excluding hydrogens is 395 g/mol. The Labute approximate surface area is 166 Å². The van der Waals surface area contributed by atoms with E-state index >= 15 is 0 Å². The maximum absolute atomic E-state index is 12.8. The van der Waals surface area contributed by atoms with Gasteiger partial charge in [-0.05, 0) is 32.1 Å². The van der Waals surface area contributed by atoms with Crippen molar-refractivity contribution in [1.29, 1.82) is 0 Å². The van der Waals surface area contributed by atoms with E-state index in [-0.39, 0.29) is 29.4 Å². The fourth-order valence-electron chi connectivity index (χ4n) is 2.40. The fourth-order valence-corrected chi connectivity index (χ4v) is 2.40. The molecule has 1 aromatic rings. The van der Waals surface area contributed by atoms with Crippen LogP contribution >= 0.6 is 0 Å². The van der Waals surface area contributed by atoms with Crippen LogP contribution in [0, 0.1) is 0 Å². The number of alkyl halides is 3. The lowest BCUT2D eigenvalue weighted by Gasteiger charge is -2.23. The van der Waals surface area contributed by atoms with Crippen LogP contribution in [0.2, 0.25) is 0 Å². The van der Waals surface area contributed by atoms with Crippen molar-refractivity contribution in [2.24, 2.45) is 0 Å². The van der Waals surface area contributed by atoms with Gasteiger partial charge in [-0.2, -0.15) is 13.2 Å². The summed E-state index contributed by atoms with van der Waals surface area (Å²) in [5, 5.41) is 1.81. The van der Waals surface area contributed by atoms with Gasteiger partial charge in [-0.25, -0.2) is 0 Å². The van der Waals surface area contributed by atoms with E-state index in [2.05, 4.69) is 0 Å². The molecule has 0 aliphatic heterocycles. The zero-order valence-electron chi connectivity index (χ0n) is 16.8. The number of hydrogen-bond donors (Lipinski definition) is 1. The molecule has 0 spiro atoms. The molecule has 1 atom stereocenters. The molecule has 162 valence electrons. The molecule has 0 aromatic heterocycles. The topological polar surface area (TPSA) is 83.1 Å². The van der Waals surface area contributed by atoms with Crippen molar-refractivity contribution >= 4 is 11.9 Å². The molecule has 7 nitrogen and oxygen atoms in total. The minimum atomic E-state index is -5.13. The number of ether oxygens (including phenoxy) is 4. The predicted molar refractivity (Wildman–Crippen MR) is 98.0 cm³/mol. The monoisotopic (exact) mass is 419 g/mol. The van der Waals surface area contributed by atoms with Gasteiger partial charge in [-0.3, -0.25) is 9.59 Å². The van der Waals surface area contributed by atoms with Crippen LogP contribution in [0.5, 0.6) is 17.2 Å². The Morgan fingerprint density at radius 3 is 2.17 bits per heavy atom. The number of benzene rings is 1. The van der Waals surface area contributed by atoms with Gasteiger partial charge < -0.3 is 24.3 Å². The van der Waals surface area contributed by atoms with Crippen LogP contribution in [0.25, 0.3) is 0 Å². The molecule has 0 aliphatic rings. The van der Waals surface area contributed by atoms with Crippen molar-refractivity contribution in [2.45, 2.75) is 32.5 Å². The van der Waals surface area contributed by atoms with Gasteiger partial charge in [0.25, 0.3) is 0 Å². The van der Waals surface area contributed by atoms with E-state index in [9.17, 15) is 22.8 Å². The lowest BCUT2D eigenvalue weighted by Crippen LogP contribution is -2.40. The zero-order valence-corrected chi connectivity index (χ0v) is 16.8. The third kappa shape index (κ3) is 6.88. The van der Waals surface area contributed by atoms with Crippen LogP contribution in [0.4, 0.5) is 13.2 Å². The number of amides is 1. The Kier molecular flexibility index (Phi) is 8.81. The first-order valence-electron chi connectivity index (χ1n) is 8.50. The van der Waals surface area contributed by atoms with Crippen LogP contribution in [0.1, 0.15) is 31.9 Å².